The lowest BCUT2D eigenvalue weighted by molar-refractivity contribution is -0.120. The average molecular weight is 952 g/mol. The molecule has 0 spiro atoms. The topological polar surface area (TPSA) is 118 Å². The number of hydrogen-bond donors (Lipinski definition) is 1. The van der Waals surface area contributed by atoms with E-state index in [1.807, 2.05) is 42.5 Å². The molecular formula is C55H78N5O7P. The Kier molecular flexibility index (Phi) is 22.6. The van der Waals surface area contributed by atoms with E-state index in [9.17, 15) is 9.59 Å². The fraction of sp³-hybridized carbons (Fsp3) is 0.564. The SMILES string of the molecule is [C-]#[N+]CCOP(OC1CC(n2ccc(NC(=O)C(CCCCCC)CCCCCCCC)nc2=O)OC1COC(c1ccccc1)(c1ccc(C)cc1)c1ccc(OC)cc1)N(C(C)C)C(C)C. The van der Waals surface area contributed by atoms with Gasteiger partial charge in [-0.1, -0.05) is 150 Å². The van der Waals surface area contributed by atoms with Gasteiger partial charge < -0.3 is 33.4 Å². The minimum Gasteiger partial charge on any atom is -0.497 e. The highest BCUT2D eigenvalue weighted by Crippen LogP contribution is 2.50. The maximum absolute atomic E-state index is 14.0. The summed E-state index contributed by atoms with van der Waals surface area (Å²) in [6.07, 6.45) is 12.9. The highest BCUT2D eigenvalue weighted by Gasteiger charge is 2.45. The molecule has 1 aliphatic rings. The van der Waals surface area contributed by atoms with Gasteiger partial charge in [-0.3, -0.25) is 9.36 Å². The first-order chi connectivity index (χ1) is 32.9. The molecule has 0 bridgehead atoms. The summed E-state index contributed by atoms with van der Waals surface area (Å²) in [7, 11) is -0.0243. The Morgan fingerprint density at radius 2 is 1.46 bits per heavy atom. The molecule has 13 heteroatoms. The Morgan fingerprint density at radius 1 is 0.868 bits per heavy atom. The Hall–Kier alpha value is -4.47. The molecule has 1 fully saturated rings. The second-order valence-corrected chi connectivity index (χ2v) is 20.0. The van der Waals surface area contributed by atoms with Crippen molar-refractivity contribution in [3.63, 3.8) is 0 Å². The van der Waals surface area contributed by atoms with E-state index in [0.29, 0.717) is 6.42 Å². The van der Waals surface area contributed by atoms with Crippen LogP contribution in [0.5, 0.6) is 5.75 Å². The average Bonchev–Trinajstić information content (AvgIpc) is 3.73. The Labute approximate surface area is 408 Å². The molecule has 370 valence electrons. The van der Waals surface area contributed by atoms with Crippen LogP contribution in [0.15, 0.2) is 95.9 Å². The normalized spacial score (nSPS) is 17.8. The maximum atomic E-state index is 14.0. The van der Waals surface area contributed by atoms with Gasteiger partial charge in [0.2, 0.25) is 12.5 Å². The van der Waals surface area contributed by atoms with Gasteiger partial charge in [0.1, 0.15) is 36.1 Å². The second-order valence-electron chi connectivity index (χ2n) is 18.6. The number of aryl methyl sites for hydroxylation is 1. The molecule has 1 amide bonds. The number of benzene rings is 3. The highest BCUT2D eigenvalue weighted by atomic mass is 31.2. The third kappa shape index (κ3) is 15.3. The van der Waals surface area contributed by atoms with Crippen LogP contribution in [0, 0.1) is 19.4 Å². The van der Waals surface area contributed by atoms with Crippen molar-refractivity contribution in [2.75, 3.05) is 32.2 Å². The van der Waals surface area contributed by atoms with E-state index >= 15 is 0 Å². The minimum atomic E-state index is -1.68. The van der Waals surface area contributed by atoms with Gasteiger partial charge in [-0.15, -0.1) is 0 Å². The fourth-order valence-electron chi connectivity index (χ4n) is 9.11. The highest BCUT2D eigenvalue weighted by molar-refractivity contribution is 7.44. The van der Waals surface area contributed by atoms with E-state index in [2.05, 4.69) is 105 Å². The lowest BCUT2D eigenvalue weighted by Crippen LogP contribution is -2.39. The summed E-state index contributed by atoms with van der Waals surface area (Å²) in [4.78, 5) is 35.8. The zero-order valence-electron chi connectivity index (χ0n) is 42.0. The largest absolute Gasteiger partial charge is 0.497 e. The van der Waals surface area contributed by atoms with E-state index in [-0.39, 0.29) is 49.5 Å². The summed E-state index contributed by atoms with van der Waals surface area (Å²) >= 11 is 0. The van der Waals surface area contributed by atoms with E-state index in [1.165, 1.54) is 30.3 Å². The molecule has 12 nitrogen and oxygen atoms in total. The molecule has 1 aliphatic heterocycles. The minimum absolute atomic E-state index is 0.0686. The summed E-state index contributed by atoms with van der Waals surface area (Å²) in [5, 5.41) is 3.00. The molecule has 0 saturated carbocycles. The van der Waals surface area contributed by atoms with E-state index in [4.69, 9.17) is 29.8 Å². The van der Waals surface area contributed by atoms with Gasteiger partial charge in [-0.2, -0.15) is 4.98 Å². The lowest BCUT2D eigenvalue weighted by Gasteiger charge is -2.39. The van der Waals surface area contributed by atoms with Gasteiger partial charge in [0.25, 0.3) is 8.53 Å². The van der Waals surface area contributed by atoms with Gasteiger partial charge >= 0.3 is 5.69 Å². The third-order valence-corrected chi connectivity index (χ3v) is 14.9. The predicted octanol–water partition coefficient (Wildman–Crippen LogP) is 12.8. The molecule has 68 heavy (non-hydrogen) atoms. The number of aromatic nitrogens is 2. The van der Waals surface area contributed by atoms with Gasteiger partial charge in [-0.25, -0.2) is 16.0 Å². The molecule has 5 rings (SSSR count). The number of unbranched alkanes of at least 4 members (excludes halogenated alkanes) is 8. The first-order valence-corrected chi connectivity index (χ1v) is 26.3. The third-order valence-electron chi connectivity index (χ3n) is 12.7. The van der Waals surface area contributed by atoms with Crippen LogP contribution in [0.1, 0.15) is 153 Å². The van der Waals surface area contributed by atoms with Crippen LogP contribution < -0.4 is 15.7 Å². The first-order valence-electron chi connectivity index (χ1n) is 25.1. The van der Waals surface area contributed by atoms with Crippen molar-refractivity contribution in [1.82, 2.24) is 14.2 Å². The van der Waals surface area contributed by atoms with Gasteiger partial charge in [-0.05, 0) is 82.3 Å². The summed E-state index contributed by atoms with van der Waals surface area (Å²) in [6, 6.07) is 28.3. The number of nitrogens with zero attached hydrogens (tertiary/aromatic N) is 4. The summed E-state index contributed by atoms with van der Waals surface area (Å²) < 4.78 is 36.9. The molecular weight excluding hydrogens is 874 g/mol. The number of hydrogen-bond acceptors (Lipinski definition) is 9. The molecule has 1 saturated heterocycles. The van der Waals surface area contributed by atoms with Crippen LogP contribution in [-0.2, 0) is 28.9 Å². The van der Waals surface area contributed by atoms with Crippen molar-refractivity contribution in [2.45, 2.75) is 168 Å². The zero-order valence-corrected chi connectivity index (χ0v) is 42.9. The van der Waals surface area contributed by atoms with E-state index < -0.39 is 38.3 Å². The molecule has 3 aromatic carbocycles. The number of anilines is 1. The molecule has 1 aromatic heterocycles. The maximum Gasteiger partial charge on any atom is 0.351 e. The number of carbonyl (C=O) groups is 1. The van der Waals surface area contributed by atoms with Gasteiger partial charge in [0, 0.05) is 30.6 Å². The number of nitrogens with one attached hydrogen (secondary N) is 1. The summed E-state index contributed by atoms with van der Waals surface area (Å²) in [5.41, 5.74) is 2.23. The van der Waals surface area contributed by atoms with Crippen LogP contribution in [-0.4, -0.2) is 71.3 Å². The zero-order chi connectivity index (χ0) is 48.9. The molecule has 0 aliphatic carbocycles. The van der Waals surface area contributed by atoms with E-state index in [0.717, 1.165) is 79.4 Å². The van der Waals surface area contributed by atoms with Gasteiger partial charge in [0.15, 0.2) is 0 Å². The van der Waals surface area contributed by atoms with Crippen LogP contribution in [0.4, 0.5) is 5.82 Å². The number of carbonyl (C=O) groups excluding carboxylic acids is 1. The molecule has 4 aromatic rings. The van der Waals surface area contributed by atoms with Crippen molar-refractivity contribution < 1.29 is 28.1 Å². The molecule has 6 atom stereocenters. The summed E-state index contributed by atoms with van der Waals surface area (Å²) in [5.74, 6) is 0.737. The molecule has 0 radical (unpaired) electrons. The van der Waals surface area contributed by atoms with E-state index in [1.54, 1.807) is 19.4 Å². The first kappa shape index (κ1) is 54.5. The quantitative estimate of drug-likeness (QED) is 0.0236. The van der Waals surface area contributed by atoms with Crippen molar-refractivity contribution in [3.05, 3.63) is 135 Å². The number of methoxy groups -OCH3 is 1. The molecule has 1 N–H and O–H groups in total. The summed E-state index contributed by atoms with van der Waals surface area (Å²) in [6.45, 7) is 22.8. The molecule has 6 unspecified atom stereocenters. The van der Waals surface area contributed by atoms with Crippen molar-refractivity contribution in [1.29, 1.82) is 0 Å². The van der Waals surface area contributed by atoms with Gasteiger partial charge in [0.05, 0.1) is 19.8 Å². The van der Waals surface area contributed by atoms with Crippen LogP contribution in [0.2, 0.25) is 0 Å². The Balaban J connectivity index is 1.48. The van der Waals surface area contributed by atoms with Crippen molar-refractivity contribution in [2.24, 2.45) is 5.92 Å². The standard InChI is InChI=1S/C55H78N5O7P/c1-10-12-14-16-17-20-24-44(23-19-15-13-11-2)53(61)57-51-35-37-59(54(62)58-51)52-39-49(67-68(65-38-36-56-8)60(41(3)4)42(5)6)50(66-52)40-64-55(45-25-21-18-22-26-45,46-29-27-43(7)28-30-46)47-31-33-48(63-9)34-32-47/h18,21-22,25-35,37,41-42,44,49-50,52H,10-17,19-20,23-24,36,38-40H2,1-7,9H3,(H,57,58,61,62). The smallest absolute Gasteiger partial charge is 0.351 e. The fourth-order valence-corrected chi connectivity index (χ4v) is 10.9. The Bertz CT molecular complexity index is 2170. The van der Waals surface area contributed by atoms with Crippen molar-refractivity contribution >= 4 is 20.3 Å². The van der Waals surface area contributed by atoms with Crippen molar-refractivity contribution in [3.8, 4) is 5.75 Å². The second kappa shape index (κ2) is 28.3. The Morgan fingerprint density at radius 3 is 2.04 bits per heavy atom. The number of amides is 1. The number of rotatable bonds is 30. The lowest BCUT2D eigenvalue weighted by atomic mass is 9.79. The molecule has 2 heterocycles. The number of ether oxygens (including phenoxy) is 3. The van der Waals surface area contributed by atoms with Crippen LogP contribution in [0.3, 0.4) is 0 Å². The van der Waals surface area contributed by atoms with Crippen LogP contribution in [0.25, 0.3) is 4.85 Å². The monoisotopic (exact) mass is 952 g/mol. The predicted molar refractivity (Wildman–Crippen MR) is 274 cm³/mol. The van der Waals surface area contributed by atoms with Crippen LogP contribution >= 0.6 is 8.53 Å².